The van der Waals surface area contributed by atoms with Crippen LogP contribution in [0.5, 0.6) is 0 Å². The van der Waals surface area contributed by atoms with Crippen LogP contribution in [0.25, 0.3) is 0 Å². The summed E-state index contributed by atoms with van der Waals surface area (Å²) in [7, 11) is 1.73. The number of ether oxygens (including phenoxy) is 1. The highest BCUT2D eigenvalue weighted by Gasteiger charge is 2.20. The lowest BCUT2D eigenvalue weighted by Gasteiger charge is -2.33. The number of hydrogen-bond donors (Lipinski definition) is 1. The molecule has 0 spiro atoms. The third-order valence-electron chi connectivity index (χ3n) is 3.09. The molecule has 0 aromatic heterocycles. The Bertz CT molecular complexity index is 362. The number of rotatable bonds is 2. The average molecular weight is 224 g/mol. The number of nitrogen functional groups attached to an aromatic ring is 1. The molecule has 4 heteroatoms. The summed E-state index contributed by atoms with van der Waals surface area (Å²) in [6, 6.07) is 4.86. The zero-order valence-corrected chi connectivity index (χ0v) is 9.45. The molecule has 1 fully saturated rings. The molecule has 1 aromatic rings. The molecule has 1 aliphatic heterocycles. The fraction of sp³-hybridized carbons (Fsp3) is 0.500. The smallest absolute Gasteiger partial charge is 0.148 e. The second-order valence-corrected chi connectivity index (χ2v) is 4.13. The van der Waals surface area contributed by atoms with Crippen molar-refractivity contribution in [2.75, 3.05) is 30.8 Å². The molecule has 2 rings (SSSR count). The van der Waals surface area contributed by atoms with E-state index in [0.29, 0.717) is 17.5 Å². The molecular formula is C12H17FN2O. The largest absolute Gasteiger partial charge is 0.399 e. The maximum atomic E-state index is 13.7. The van der Waals surface area contributed by atoms with Crippen LogP contribution in [0.1, 0.15) is 12.8 Å². The van der Waals surface area contributed by atoms with Gasteiger partial charge in [0.05, 0.1) is 11.8 Å². The third-order valence-corrected chi connectivity index (χ3v) is 3.09. The number of nitrogens with zero attached hydrogens (tertiary/aromatic N) is 1. The molecule has 0 bridgehead atoms. The first-order valence-corrected chi connectivity index (χ1v) is 5.53. The molecule has 1 saturated heterocycles. The Kier molecular flexibility index (Phi) is 3.29. The summed E-state index contributed by atoms with van der Waals surface area (Å²) in [5.74, 6) is -0.240. The topological polar surface area (TPSA) is 38.5 Å². The number of anilines is 2. The molecule has 0 aliphatic carbocycles. The van der Waals surface area contributed by atoms with Crippen molar-refractivity contribution in [3.05, 3.63) is 24.0 Å². The quantitative estimate of drug-likeness (QED) is 0.781. The molecular weight excluding hydrogens is 207 g/mol. The Labute approximate surface area is 95.0 Å². The molecule has 1 aromatic carbocycles. The van der Waals surface area contributed by atoms with Crippen molar-refractivity contribution in [2.45, 2.75) is 18.9 Å². The van der Waals surface area contributed by atoms with Crippen molar-refractivity contribution < 1.29 is 9.13 Å². The molecule has 3 nitrogen and oxygen atoms in total. The Morgan fingerprint density at radius 3 is 2.62 bits per heavy atom. The second-order valence-electron chi connectivity index (χ2n) is 4.13. The van der Waals surface area contributed by atoms with Crippen molar-refractivity contribution in [1.82, 2.24) is 0 Å². The summed E-state index contributed by atoms with van der Waals surface area (Å²) in [5, 5.41) is 0. The summed E-state index contributed by atoms with van der Waals surface area (Å²) in [4.78, 5) is 2.05. The van der Waals surface area contributed by atoms with Crippen molar-refractivity contribution in [3.63, 3.8) is 0 Å². The molecule has 1 heterocycles. The predicted octanol–water partition coefficient (Wildman–Crippen LogP) is 2.02. The van der Waals surface area contributed by atoms with Gasteiger partial charge in [-0.2, -0.15) is 0 Å². The highest BCUT2D eigenvalue weighted by Crippen LogP contribution is 2.25. The van der Waals surface area contributed by atoms with Crippen LogP contribution in [-0.4, -0.2) is 26.3 Å². The molecule has 2 N–H and O–H groups in total. The van der Waals surface area contributed by atoms with Gasteiger partial charge in [-0.15, -0.1) is 0 Å². The molecule has 0 saturated carbocycles. The summed E-state index contributed by atoms with van der Waals surface area (Å²) in [6.07, 6.45) is 2.20. The maximum Gasteiger partial charge on any atom is 0.148 e. The van der Waals surface area contributed by atoms with Crippen LogP contribution in [-0.2, 0) is 4.74 Å². The summed E-state index contributed by atoms with van der Waals surface area (Å²) >= 11 is 0. The van der Waals surface area contributed by atoms with Gasteiger partial charge in [-0.3, -0.25) is 0 Å². The van der Waals surface area contributed by atoms with E-state index in [-0.39, 0.29) is 5.82 Å². The number of halogens is 1. The van der Waals surface area contributed by atoms with E-state index < -0.39 is 0 Å². The number of hydrogen-bond acceptors (Lipinski definition) is 3. The SMILES string of the molecule is COC1CCN(c2ccc(N)cc2F)CC1. The van der Waals surface area contributed by atoms with Gasteiger partial charge in [-0.1, -0.05) is 0 Å². The van der Waals surface area contributed by atoms with E-state index in [1.807, 2.05) is 4.90 Å². The standard InChI is InChI=1S/C12H17FN2O/c1-16-10-4-6-15(7-5-10)12-3-2-9(14)8-11(12)13/h2-3,8,10H,4-7,14H2,1H3. The van der Waals surface area contributed by atoms with Crippen molar-refractivity contribution in [1.29, 1.82) is 0 Å². The van der Waals surface area contributed by atoms with Gasteiger partial charge < -0.3 is 15.4 Å². The number of nitrogens with two attached hydrogens (primary N) is 1. The van der Waals surface area contributed by atoms with Crippen LogP contribution in [0.4, 0.5) is 15.8 Å². The molecule has 16 heavy (non-hydrogen) atoms. The Hall–Kier alpha value is -1.29. The van der Waals surface area contributed by atoms with Gasteiger partial charge in [0, 0.05) is 25.9 Å². The van der Waals surface area contributed by atoms with E-state index in [1.54, 1.807) is 19.2 Å². The zero-order chi connectivity index (χ0) is 11.5. The lowest BCUT2D eigenvalue weighted by molar-refractivity contribution is 0.0818. The summed E-state index contributed by atoms with van der Waals surface area (Å²) in [5.41, 5.74) is 6.63. The van der Waals surface area contributed by atoms with E-state index in [9.17, 15) is 4.39 Å². The Morgan fingerprint density at radius 2 is 2.06 bits per heavy atom. The van der Waals surface area contributed by atoms with Gasteiger partial charge in [0.15, 0.2) is 0 Å². The lowest BCUT2D eigenvalue weighted by Crippen LogP contribution is -2.37. The fourth-order valence-electron chi connectivity index (χ4n) is 2.11. The van der Waals surface area contributed by atoms with Crippen LogP contribution < -0.4 is 10.6 Å². The summed E-state index contributed by atoms with van der Waals surface area (Å²) < 4.78 is 18.9. The third kappa shape index (κ3) is 2.27. The van der Waals surface area contributed by atoms with Gasteiger partial charge in [-0.25, -0.2) is 4.39 Å². The van der Waals surface area contributed by atoms with Crippen molar-refractivity contribution in [2.24, 2.45) is 0 Å². The van der Waals surface area contributed by atoms with Crippen LogP contribution in [0.2, 0.25) is 0 Å². The number of methoxy groups -OCH3 is 1. The van der Waals surface area contributed by atoms with E-state index >= 15 is 0 Å². The molecule has 0 atom stereocenters. The normalized spacial score (nSPS) is 17.8. The van der Waals surface area contributed by atoms with Crippen LogP contribution in [0, 0.1) is 5.82 Å². The van der Waals surface area contributed by atoms with Crippen molar-refractivity contribution in [3.8, 4) is 0 Å². The van der Waals surface area contributed by atoms with E-state index in [4.69, 9.17) is 10.5 Å². The predicted molar refractivity (Wildman–Crippen MR) is 63.1 cm³/mol. The van der Waals surface area contributed by atoms with E-state index in [0.717, 1.165) is 25.9 Å². The van der Waals surface area contributed by atoms with Gasteiger partial charge in [0.2, 0.25) is 0 Å². The van der Waals surface area contributed by atoms with Gasteiger partial charge in [-0.05, 0) is 31.0 Å². The minimum atomic E-state index is -0.240. The van der Waals surface area contributed by atoms with Gasteiger partial charge >= 0.3 is 0 Å². The van der Waals surface area contributed by atoms with Crippen LogP contribution in [0.3, 0.4) is 0 Å². The second kappa shape index (κ2) is 4.70. The van der Waals surface area contributed by atoms with Gasteiger partial charge in [0.1, 0.15) is 5.82 Å². The van der Waals surface area contributed by atoms with Gasteiger partial charge in [0.25, 0.3) is 0 Å². The Morgan fingerprint density at radius 1 is 1.38 bits per heavy atom. The van der Waals surface area contributed by atoms with Crippen LogP contribution >= 0.6 is 0 Å². The number of benzene rings is 1. The van der Waals surface area contributed by atoms with Crippen LogP contribution in [0.15, 0.2) is 18.2 Å². The molecule has 88 valence electrons. The monoisotopic (exact) mass is 224 g/mol. The number of piperidine rings is 1. The molecule has 0 unspecified atom stereocenters. The first-order chi connectivity index (χ1) is 7.70. The highest BCUT2D eigenvalue weighted by atomic mass is 19.1. The summed E-state index contributed by atoms with van der Waals surface area (Å²) in [6.45, 7) is 1.67. The first kappa shape index (κ1) is 11.2. The lowest BCUT2D eigenvalue weighted by atomic mass is 10.1. The maximum absolute atomic E-state index is 13.7. The zero-order valence-electron chi connectivity index (χ0n) is 9.45. The fourth-order valence-corrected chi connectivity index (χ4v) is 2.11. The highest BCUT2D eigenvalue weighted by molar-refractivity contribution is 5.54. The minimum absolute atomic E-state index is 0.240. The molecule has 0 amide bonds. The molecule has 0 radical (unpaired) electrons. The van der Waals surface area contributed by atoms with E-state index in [2.05, 4.69) is 0 Å². The van der Waals surface area contributed by atoms with Crippen molar-refractivity contribution >= 4 is 11.4 Å². The first-order valence-electron chi connectivity index (χ1n) is 5.53. The van der Waals surface area contributed by atoms with E-state index in [1.165, 1.54) is 6.07 Å². The average Bonchev–Trinajstić information content (AvgIpc) is 2.29. The minimum Gasteiger partial charge on any atom is -0.399 e. The molecule has 1 aliphatic rings. The Balaban J connectivity index is 2.08.